The van der Waals surface area contributed by atoms with Gasteiger partial charge in [0.1, 0.15) is 30.2 Å². The molecular weight excluding hydrogens is 530 g/mol. The average molecular weight is 562 g/mol. The Morgan fingerprint density at radius 1 is 0.951 bits per heavy atom. The van der Waals surface area contributed by atoms with E-state index >= 15 is 0 Å². The highest BCUT2D eigenvalue weighted by atomic mass is 16.8. The summed E-state index contributed by atoms with van der Waals surface area (Å²) in [6, 6.07) is 16.4. The minimum atomic E-state index is -0.931. The van der Waals surface area contributed by atoms with E-state index in [2.05, 4.69) is 0 Å². The number of hydrogen-bond acceptors (Lipinski definition) is 8. The zero-order valence-corrected chi connectivity index (χ0v) is 23.0. The fraction of sp³-hybridized carbons (Fsp3) is 0.433. The first-order valence-electron chi connectivity index (χ1n) is 13.7. The molecule has 214 valence electrons. The van der Waals surface area contributed by atoms with Crippen molar-refractivity contribution in [3.8, 4) is 5.75 Å². The number of amides is 1. The van der Waals surface area contributed by atoms with Gasteiger partial charge in [-0.2, -0.15) is 0 Å². The third-order valence-electron chi connectivity index (χ3n) is 8.18. The van der Waals surface area contributed by atoms with E-state index in [4.69, 9.17) is 23.7 Å². The Balaban J connectivity index is 1.15. The Morgan fingerprint density at radius 2 is 1.71 bits per heavy atom. The highest BCUT2D eigenvalue weighted by Crippen LogP contribution is 2.47. The van der Waals surface area contributed by atoms with Gasteiger partial charge in [-0.15, -0.1) is 0 Å². The second-order valence-corrected chi connectivity index (χ2v) is 11.2. The van der Waals surface area contributed by atoms with Gasteiger partial charge < -0.3 is 28.6 Å². The number of benzene rings is 2. The molecule has 1 aromatic heterocycles. The first-order valence-corrected chi connectivity index (χ1v) is 13.7. The molecule has 11 heteroatoms. The van der Waals surface area contributed by atoms with Crippen LogP contribution in [-0.2, 0) is 36.7 Å². The van der Waals surface area contributed by atoms with E-state index in [1.54, 1.807) is 50.1 Å². The molecule has 5 heterocycles. The SMILES string of the molecule is COc1ccc(Cn2c(=O)ccn([C@@H]3O[C@H]([C@H]4O[C@H]4C(=O)N4CCc5ccccc54)[C@H]4OC(C)(C)O[C@H]43)c2=O)cc1. The number of anilines is 1. The maximum absolute atomic E-state index is 13.6. The molecule has 3 aromatic rings. The number of para-hydroxylation sites is 1. The number of fused-ring (bicyclic) bond motifs is 2. The van der Waals surface area contributed by atoms with Gasteiger partial charge in [-0.05, 0) is 49.6 Å². The fourth-order valence-corrected chi connectivity index (χ4v) is 6.17. The predicted molar refractivity (Wildman–Crippen MR) is 146 cm³/mol. The van der Waals surface area contributed by atoms with E-state index in [0.717, 1.165) is 27.8 Å². The number of epoxide rings is 1. The Kier molecular flexibility index (Phi) is 6.16. The molecule has 3 fully saturated rings. The first kappa shape index (κ1) is 26.1. The van der Waals surface area contributed by atoms with E-state index in [0.29, 0.717) is 12.3 Å². The van der Waals surface area contributed by atoms with Gasteiger partial charge >= 0.3 is 5.69 Å². The smallest absolute Gasteiger partial charge is 0.333 e. The second kappa shape index (κ2) is 9.66. The van der Waals surface area contributed by atoms with Crippen LogP contribution >= 0.6 is 0 Å². The Morgan fingerprint density at radius 3 is 2.49 bits per heavy atom. The Bertz CT molecular complexity index is 1610. The number of carbonyl (C=O) groups is 1. The molecule has 41 heavy (non-hydrogen) atoms. The Labute approximate surface area is 235 Å². The van der Waals surface area contributed by atoms with Crippen molar-refractivity contribution in [2.75, 3.05) is 18.6 Å². The molecule has 6 atom stereocenters. The van der Waals surface area contributed by atoms with Crippen LogP contribution in [0.5, 0.6) is 5.75 Å². The third kappa shape index (κ3) is 4.49. The van der Waals surface area contributed by atoms with Crippen LogP contribution in [0.2, 0.25) is 0 Å². The minimum absolute atomic E-state index is 0.0786. The fourth-order valence-electron chi connectivity index (χ4n) is 6.17. The van der Waals surface area contributed by atoms with Gasteiger partial charge in [0.15, 0.2) is 18.1 Å². The van der Waals surface area contributed by atoms with Crippen molar-refractivity contribution in [3.63, 3.8) is 0 Å². The number of carbonyl (C=O) groups excluding carboxylic acids is 1. The Hall–Kier alpha value is -3.77. The summed E-state index contributed by atoms with van der Waals surface area (Å²) >= 11 is 0. The van der Waals surface area contributed by atoms with Crippen molar-refractivity contribution < 1.29 is 28.5 Å². The summed E-state index contributed by atoms with van der Waals surface area (Å²) in [7, 11) is 1.57. The zero-order valence-electron chi connectivity index (χ0n) is 23.0. The zero-order chi connectivity index (χ0) is 28.5. The van der Waals surface area contributed by atoms with Gasteiger partial charge in [-0.25, -0.2) is 4.79 Å². The van der Waals surface area contributed by atoms with Crippen LogP contribution in [0.4, 0.5) is 5.69 Å². The molecule has 2 aromatic carbocycles. The van der Waals surface area contributed by atoms with E-state index < -0.39 is 53.8 Å². The van der Waals surface area contributed by atoms with Crippen molar-refractivity contribution in [1.29, 1.82) is 0 Å². The summed E-state index contributed by atoms with van der Waals surface area (Å²) in [5.41, 5.74) is 1.84. The molecule has 0 aliphatic carbocycles. The largest absolute Gasteiger partial charge is 0.497 e. The molecule has 0 saturated carbocycles. The summed E-state index contributed by atoms with van der Waals surface area (Å²) in [5.74, 6) is -0.372. The number of rotatable bonds is 6. The van der Waals surface area contributed by atoms with Crippen LogP contribution in [0, 0.1) is 0 Å². The van der Waals surface area contributed by atoms with E-state index in [-0.39, 0.29) is 12.5 Å². The second-order valence-electron chi connectivity index (χ2n) is 11.2. The quantitative estimate of drug-likeness (QED) is 0.419. The maximum atomic E-state index is 13.6. The van der Waals surface area contributed by atoms with Crippen LogP contribution in [0.3, 0.4) is 0 Å². The molecule has 4 aliphatic rings. The number of ether oxygens (including phenoxy) is 5. The minimum Gasteiger partial charge on any atom is -0.497 e. The molecule has 11 nitrogen and oxygen atoms in total. The lowest BCUT2D eigenvalue weighted by molar-refractivity contribution is -0.199. The van der Waals surface area contributed by atoms with Gasteiger partial charge in [0.2, 0.25) is 0 Å². The third-order valence-corrected chi connectivity index (χ3v) is 8.18. The van der Waals surface area contributed by atoms with Crippen LogP contribution in [0.15, 0.2) is 70.4 Å². The number of aromatic nitrogens is 2. The lowest BCUT2D eigenvalue weighted by atomic mass is 10.1. The lowest BCUT2D eigenvalue weighted by Gasteiger charge is -2.25. The van der Waals surface area contributed by atoms with Gasteiger partial charge in [-0.1, -0.05) is 30.3 Å². The van der Waals surface area contributed by atoms with Crippen LogP contribution in [-0.4, -0.2) is 65.0 Å². The van der Waals surface area contributed by atoms with Crippen molar-refractivity contribution in [2.45, 2.75) is 69.3 Å². The molecule has 0 bridgehead atoms. The van der Waals surface area contributed by atoms with Crippen LogP contribution in [0.25, 0.3) is 0 Å². The molecule has 1 amide bonds. The summed E-state index contributed by atoms with van der Waals surface area (Å²) in [5, 5.41) is 0. The van der Waals surface area contributed by atoms with E-state index in [1.807, 2.05) is 24.3 Å². The highest BCUT2D eigenvalue weighted by molar-refractivity contribution is 6.00. The normalized spacial score (nSPS) is 29.3. The van der Waals surface area contributed by atoms with Gasteiger partial charge in [0.05, 0.1) is 13.7 Å². The molecule has 4 aliphatic heterocycles. The summed E-state index contributed by atoms with van der Waals surface area (Å²) in [6.07, 6.45) is -1.76. The number of hydrogen-bond donors (Lipinski definition) is 0. The summed E-state index contributed by atoms with van der Waals surface area (Å²) < 4.78 is 32.4. The monoisotopic (exact) mass is 561 g/mol. The maximum Gasteiger partial charge on any atom is 0.333 e. The number of methoxy groups -OCH3 is 1. The summed E-state index contributed by atoms with van der Waals surface area (Å²) in [6.45, 7) is 4.27. The topological polar surface area (TPSA) is 114 Å². The van der Waals surface area contributed by atoms with E-state index in [1.165, 1.54) is 16.8 Å². The van der Waals surface area contributed by atoms with Crippen molar-refractivity contribution in [2.24, 2.45) is 0 Å². The highest BCUT2D eigenvalue weighted by Gasteiger charge is 2.64. The van der Waals surface area contributed by atoms with Gasteiger partial charge in [0, 0.05) is 24.5 Å². The van der Waals surface area contributed by atoms with E-state index in [9.17, 15) is 14.4 Å². The van der Waals surface area contributed by atoms with Crippen molar-refractivity contribution in [3.05, 3.63) is 92.8 Å². The van der Waals surface area contributed by atoms with Crippen LogP contribution < -0.4 is 20.9 Å². The molecule has 0 unspecified atom stereocenters. The van der Waals surface area contributed by atoms with Crippen molar-refractivity contribution in [1.82, 2.24) is 9.13 Å². The first-order chi connectivity index (χ1) is 19.7. The molecule has 3 saturated heterocycles. The average Bonchev–Trinajstić information content (AvgIpc) is 3.36. The van der Waals surface area contributed by atoms with Crippen LogP contribution in [0.1, 0.15) is 31.2 Å². The summed E-state index contributed by atoms with van der Waals surface area (Å²) in [4.78, 5) is 41.6. The molecular formula is C30H31N3O8. The molecule has 0 N–H and O–H groups in total. The van der Waals surface area contributed by atoms with Crippen molar-refractivity contribution >= 4 is 11.6 Å². The lowest BCUT2D eigenvalue weighted by Crippen LogP contribution is -2.43. The predicted octanol–water partition coefficient (Wildman–Crippen LogP) is 1.84. The molecule has 0 spiro atoms. The van der Waals surface area contributed by atoms with Gasteiger partial charge in [0.25, 0.3) is 11.5 Å². The number of nitrogens with zero attached hydrogens (tertiary/aromatic N) is 3. The standard InChI is InChI=1S/C30H31N3O8/c1-30(2)40-24-22(23-25(38-23)27(35)31-14-12-18-6-4-5-7-20(18)31)39-28(26(24)41-30)32-15-13-21(34)33(29(32)36)16-17-8-10-19(37-3)11-9-17/h4-11,13,15,22-26,28H,12,14,16H2,1-3H3/t22-,23-,24-,25-,26-,28-/m1/s1. The molecule has 7 rings (SSSR count). The van der Waals surface area contributed by atoms with Gasteiger partial charge in [-0.3, -0.25) is 18.7 Å². The molecule has 0 radical (unpaired) electrons.